The van der Waals surface area contributed by atoms with Crippen molar-refractivity contribution in [3.8, 4) is 11.4 Å². The van der Waals surface area contributed by atoms with E-state index in [0.29, 0.717) is 0 Å². The van der Waals surface area contributed by atoms with Crippen LogP contribution in [0.15, 0.2) is 65.6 Å². The van der Waals surface area contributed by atoms with Crippen LogP contribution in [0.4, 0.5) is 4.39 Å². The molecule has 34 heavy (non-hydrogen) atoms. The summed E-state index contributed by atoms with van der Waals surface area (Å²) in [6.45, 7) is 5.80. The first-order valence-corrected chi connectivity index (χ1v) is 11.6. The first-order valence-electron chi connectivity index (χ1n) is 11.6. The van der Waals surface area contributed by atoms with E-state index in [4.69, 9.17) is 9.73 Å². The number of rotatable bonds is 4. The Morgan fingerprint density at radius 2 is 1.94 bits per heavy atom. The maximum absolute atomic E-state index is 13.6. The van der Waals surface area contributed by atoms with Crippen molar-refractivity contribution in [2.24, 2.45) is 4.99 Å². The van der Waals surface area contributed by atoms with Gasteiger partial charge >= 0.3 is 0 Å². The van der Waals surface area contributed by atoms with Gasteiger partial charge in [0, 0.05) is 26.3 Å². The Bertz CT molecular complexity index is 1260. The minimum atomic E-state index is -0.292. The maximum Gasteiger partial charge on any atom is 0.143 e. The topological polar surface area (TPSA) is 45.9 Å². The fourth-order valence-electron chi connectivity index (χ4n) is 5.02. The number of aryl methyl sites for hydroxylation is 1. The zero-order valence-corrected chi connectivity index (χ0v) is 20.1. The van der Waals surface area contributed by atoms with Gasteiger partial charge in [-0.1, -0.05) is 18.2 Å². The molecule has 7 heteroatoms. The first-order chi connectivity index (χ1) is 16.4. The highest BCUT2D eigenvalue weighted by Gasteiger charge is 2.43. The Morgan fingerprint density at radius 3 is 2.65 bits per heavy atom. The molecule has 0 amide bonds. The Hall–Kier alpha value is -3.45. The molecule has 5 rings (SSSR count). The zero-order chi connectivity index (χ0) is 23.9. The van der Waals surface area contributed by atoms with Crippen LogP contribution in [0.5, 0.6) is 5.75 Å². The number of fused-ring (bicyclic) bond motifs is 1. The summed E-state index contributed by atoms with van der Waals surface area (Å²) < 4.78 is 21.3. The molecule has 1 aromatic heterocycles. The second kappa shape index (κ2) is 8.72. The number of hydrogen-bond acceptors (Lipinski definition) is 5. The fourth-order valence-corrected chi connectivity index (χ4v) is 5.02. The summed E-state index contributed by atoms with van der Waals surface area (Å²) in [6.07, 6.45) is 7.76. The number of hydrazine groups is 1. The van der Waals surface area contributed by atoms with Gasteiger partial charge in [-0.2, -0.15) is 0 Å². The van der Waals surface area contributed by atoms with E-state index in [9.17, 15) is 4.39 Å². The van der Waals surface area contributed by atoms with Gasteiger partial charge in [0.2, 0.25) is 0 Å². The predicted octanol–water partition coefficient (Wildman–Crippen LogP) is 4.98. The fraction of sp³-hybridized carbons (Fsp3) is 0.333. The minimum Gasteiger partial charge on any atom is -0.495 e. The molecule has 0 spiro atoms. The molecule has 2 aliphatic heterocycles. The van der Waals surface area contributed by atoms with Crippen LogP contribution in [0, 0.1) is 12.7 Å². The quantitative estimate of drug-likeness (QED) is 0.552. The van der Waals surface area contributed by atoms with Crippen LogP contribution in [-0.2, 0) is 5.54 Å². The molecule has 0 aliphatic carbocycles. The third-order valence-electron chi connectivity index (χ3n) is 6.86. The van der Waals surface area contributed by atoms with Crippen LogP contribution in [0.2, 0.25) is 0 Å². The lowest BCUT2D eigenvalue weighted by molar-refractivity contribution is -0.0382. The molecule has 0 N–H and O–H groups in total. The molecule has 1 saturated heterocycles. The number of methoxy groups -OCH3 is 1. The van der Waals surface area contributed by atoms with E-state index in [1.807, 2.05) is 29.8 Å². The van der Waals surface area contributed by atoms with Gasteiger partial charge in [-0.05, 0) is 73.7 Å². The van der Waals surface area contributed by atoms with Gasteiger partial charge in [-0.15, -0.1) is 0 Å². The summed E-state index contributed by atoms with van der Waals surface area (Å²) in [4.78, 5) is 9.27. The summed E-state index contributed by atoms with van der Waals surface area (Å²) in [5.41, 5.74) is 4.97. The van der Waals surface area contributed by atoms with Crippen molar-refractivity contribution in [1.29, 1.82) is 0 Å². The average molecular weight is 460 g/mol. The van der Waals surface area contributed by atoms with E-state index in [0.717, 1.165) is 60.0 Å². The van der Waals surface area contributed by atoms with Crippen molar-refractivity contribution in [2.45, 2.75) is 32.2 Å². The van der Waals surface area contributed by atoms with Gasteiger partial charge in [-0.25, -0.2) is 14.4 Å². The lowest BCUT2D eigenvalue weighted by Gasteiger charge is -2.53. The molecule has 0 radical (unpaired) electrons. The SMILES string of the molecule is COc1cc(/C=C2\CCN(C)N3C2=NCCC3(C)c2ccc(F)cc2)ccc1-n1cnc(C)c1. The largest absolute Gasteiger partial charge is 0.495 e. The molecule has 1 atom stereocenters. The van der Waals surface area contributed by atoms with Crippen LogP contribution in [-0.4, -0.2) is 52.7 Å². The summed E-state index contributed by atoms with van der Waals surface area (Å²) >= 11 is 0. The Balaban J connectivity index is 1.51. The van der Waals surface area contributed by atoms with Gasteiger partial charge in [0.25, 0.3) is 0 Å². The monoisotopic (exact) mass is 459 g/mol. The van der Waals surface area contributed by atoms with Crippen molar-refractivity contribution < 1.29 is 9.13 Å². The lowest BCUT2D eigenvalue weighted by atomic mass is 9.84. The highest BCUT2D eigenvalue weighted by Crippen LogP contribution is 2.40. The van der Waals surface area contributed by atoms with Crippen molar-refractivity contribution in [3.05, 3.63) is 83.2 Å². The van der Waals surface area contributed by atoms with Crippen molar-refractivity contribution in [2.75, 3.05) is 27.2 Å². The third-order valence-corrected chi connectivity index (χ3v) is 6.86. The van der Waals surface area contributed by atoms with Crippen LogP contribution in [0.1, 0.15) is 36.6 Å². The highest BCUT2D eigenvalue weighted by atomic mass is 19.1. The Labute approximate surface area is 200 Å². The summed E-state index contributed by atoms with van der Waals surface area (Å²) in [7, 11) is 3.79. The van der Waals surface area contributed by atoms with E-state index in [1.165, 1.54) is 5.57 Å². The van der Waals surface area contributed by atoms with E-state index in [1.54, 1.807) is 25.6 Å². The van der Waals surface area contributed by atoms with Crippen molar-refractivity contribution in [1.82, 2.24) is 19.6 Å². The molecule has 1 unspecified atom stereocenters. The molecule has 176 valence electrons. The predicted molar refractivity (Wildman–Crippen MR) is 133 cm³/mol. The summed E-state index contributed by atoms with van der Waals surface area (Å²) in [6, 6.07) is 13.1. The average Bonchev–Trinajstić information content (AvgIpc) is 3.27. The molecular weight excluding hydrogens is 429 g/mol. The lowest BCUT2D eigenvalue weighted by Crippen LogP contribution is -2.60. The number of hydrogen-bond donors (Lipinski definition) is 0. The smallest absolute Gasteiger partial charge is 0.143 e. The van der Waals surface area contributed by atoms with Crippen molar-refractivity contribution in [3.63, 3.8) is 0 Å². The Morgan fingerprint density at radius 1 is 1.15 bits per heavy atom. The molecule has 1 fully saturated rings. The van der Waals surface area contributed by atoms with Crippen LogP contribution < -0.4 is 4.74 Å². The van der Waals surface area contributed by atoms with Crippen LogP contribution in [0.25, 0.3) is 11.8 Å². The van der Waals surface area contributed by atoms with Gasteiger partial charge < -0.3 is 9.30 Å². The van der Waals surface area contributed by atoms with E-state index in [2.05, 4.69) is 53.2 Å². The highest BCUT2D eigenvalue weighted by molar-refractivity contribution is 6.03. The number of aliphatic imine (C=N–C) groups is 1. The number of nitrogens with zero attached hydrogens (tertiary/aromatic N) is 5. The first kappa shape index (κ1) is 22.3. The van der Waals surface area contributed by atoms with Crippen molar-refractivity contribution >= 4 is 11.9 Å². The molecule has 6 nitrogen and oxygen atoms in total. The van der Waals surface area contributed by atoms with Gasteiger partial charge in [0.05, 0.1) is 30.4 Å². The summed E-state index contributed by atoms with van der Waals surface area (Å²) in [5.74, 6) is 1.56. The van der Waals surface area contributed by atoms with E-state index < -0.39 is 0 Å². The normalized spacial score (nSPS) is 22.0. The number of amidine groups is 1. The maximum atomic E-state index is 13.6. The number of imidazole rings is 1. The molecule has 2 aliphatic rings. The minimum absolute atomic E-state index is 0.215. The second-order valence-electron chi connectivity index (χ2n) is 9.20. The number of ether oxygens (including phenoxy) is 1. The molecular formula is C27H30FN5O. The zero-order valence-electron chi connectivity index (χ0n) is 20.1. The molecule has 0 bridgehead atoms. The second-order valence-corrected chi connectivity index (χ2v) is 9.20. The number of halogens is 1. The van der Waals surface area contributed by atoms with E-state index in [-0.39, 0.29) is 11.4 Å². The van der Waals surface area contributed by atoms with Gasteiger partial charge in [0.1, 0.15) is 17.4 Å². The van der Waals surface area contributed by atoms with E-state index >= 15 is 0 Å². The molecule has 3 aromatic rings. The van der Waals surface area contributed by atoms with Gasteiger partial charge in [0.15, 0.2) is 0 Å². The molecule has 2 aromatic carbocycles. The third kappa shape index (κ3) is 3.90. The van der Waals surface area contributed by atoms with Crippen LogP contribution >= 0.6 is 0 Å². The molecule has 3 heterocycles. The Kier molecular flexibility index (Phi) is 5.73. The van der Waals surface area contributed by atoms with Crippen LogP contribution in [0.3, 0.4) is 0 Å². The number of benzene rings is 2. The summed E-state index contributed by atoms with van der Waals surface area (Å²) in [5, 5.41) is 4.53. The standard InChI is InChI=1S/C27H30FN5O/c1-19-17-32(18-30-19)24-10-5-20(16-25(24)34-4)15-21-11-14-31(3)33-26(21)29-13-12-27(33,2)22-6-8-23(28)9-7-22/h5-10,15-18H,11-14H2,1-4H3/b21-15+. The van der Waals surface area contributed by atoms with Gasteiger partial charge in [-0.3, -0.25) is 10.0 Å². The number of aromatic nitrogens is 2. The molecule has 0 saturated carbocycles.